The second-order valence-electron chi connectivity index (χ2n) is 6.06. The average Bonchev–Trinajstić information content (AvgIpc) is 1.95. The third-order valence-electron chi connectivity index (χ3n) is 1.80. The van der Waals surface area contributed by atoms with Crippen LogP contribution in [0.1, 0.15) is 47.5 Å². The number of rotatable bonds is 5. The van der Waals surface area contributed by atoms with Gasteiger partial charge in [-0.3, -0.25) is 9.59 Å². The zero-order valence-corrected chi connectivity index (χ0v) is 11.5. The second-order valence-corrected chi connectivity index (χ2v) is 6.06. The van der Waals surface area contributed by atoms with Gasteiger partial charge in [0.05, 0.1) is 0 Å². The largest absolute Gasteiger partial charge is 0.356 e. The molecule has 0 aromatic rings. The molecule has 100 valence electrons. The standard InChI is InChI=1S/C12H25N3O2/c1-11(2,3)15-9(16)6-7-14-10(17)8-12(4,5)13/h6-8,13H2,1-5H3,(H,14,17)(H,15,16). The van der Waals surface area contributed by atoms with Crippen molar-refractivity contribution in [1.82, 2.24) is 10.6 Å². The first-order chi connectivity index (χ1) is 7.49. The molecule has 0 spiro atoms. The highest BCUT2D eigenvalue weighted by atomic mass is 16.2. The van der Waals surface area contributed by atoms with E-state index in [1.54, 1.807) is 13.8 Å². The minimum atomic E-state index is -0.516. The van der Waals surface area contributed by atoms with E-state index >= 15 is 0 Å². The van der Waals surface area contributed by atoms with Crippen LogP contribution in [0.2, 0.25) is 0 Å². The zero-order valence-electron chi connectivity index (χ0n) is 11.5. The molecule has 0 bridgehead atoms. The molecule has 0 atom stereocenters. The van der Waals surface area contributed by atoms with Crippen LogP contribution in [-0.4, -0.2) is 29.4 Å². The van der Waals surface area contributed by atoms with Gasteiger partial charge < -0.3 is 16.4 Å². The van der Waals surface area contributed by atoms with Gasteiger partial charge in [-0.15, -0.1) is 0 Å². The Bertz CT molecular complexity index is 246. The summed E-state index contributed by atoms with van der Waals surface area (Å²) in [4.78, 5) is 22.8. The first-order valence-corrected chi connectivity index (χ1v) is 5.86. The summed E-state index contributed by atoms with van der Waals surface area (Å²) in [6, 6.07) is 0. The summed E-state index contributed by atoms with van der Waals surface area (Å²) in [6.07, 6.45) is 0.544. The number of hydrogen-bond donors (Lipinski definition) is 3. The number of hydrogen-bond acceptors (Lipinski definition) is 3. The molecule has 4 N–H and O–H groups in total. The van der Waals surface area contributed by atoms with E-state index in [1.807, 2.05) is 20.8 Å². The Balaban J connectivity index is 3.78. The molecule has 0 aliphatic carbocycles. The Morgan fingerprint density at radius 3 is 2.00 bits per heavy atom. The van der Waals surface area contributed by atoms with Gasteiger partial charge in [0.2, 0.25) is 11.8 Å². The maximum atomic E-state index is 11.4. The van der Waals surface area contributed by atoms with Gasteiger partial charge in [0.1, 0.15) is 0 Å². The molecule has 17 heavy (non-hydrogen) atoms. The summed E-state index contributed by atoms with van der Waals surface area (Å²) in [5.41, 5.74) is 4.96. The molecule has 5 heteroatoms. The highest BCUT2D eigenvalue weighted by Gasteiger charge is 2.17. The van der Waals surface area contributed by atoms with Crippen molar-refractivity contribution in [3.63, 3.8) is 0 Å². The molecule has 0 aromatic heterocycles. The lowest BCUT2D eigenvalue weighted by atomic mass is 10.0. The van der Waals surface area contributed by atoms with Crippen molar-refractivity contribution in [3.8, 4) is 0 Å². The fraction of sp³-hybridized carbons (Fsp3) is 0.833. The molecule has 0 saturated carbocycles. The van der Waals surface area contributed by atoms with Gasteiger partial charge >= 0.3 is 0 Å². The van der Waals surface area contributed by atoms with Crippen molar-refractivity contribution in [3.05, 3.63) is 0 Å². The van der Waals surface area contributed by atoms with Crippen molar-refractivity contribution < 1.29 is 9.59 Å². The third kappa shape index (κ3) is 11.2. The normalized spacial score (nSPS) is 12.1. The highest BCUT2D eigenvalue weighted by Crippen LogP contribution is 2.02. The molecule has 2 amide bonds. The van der Waals surface area contributed by atoms with E-state index in [-0.39, 0.29) is 30.2 Å². The lowest BCUT2D eigenvalue weighted by Gasteiger charge is -2.21. The summed E-state index contributed by atoms with van der Waals surface area (Å²) >= 11 is 0. The molecule has 0 unspecified atom stereocenters. The van der Waals surface area contributed by atoms with Crippen LogP contribution in [0.4, 0.5) is 0 Å². The Hall–Kier alpha value is -1.10. The molecule has 0 aliphatic heterocycles. The van der Waals surface area contributed by atoms with E-state index in [4.69, 9.17) is 5.73 Å². The van der Waals surface area contributed by atoms with Crippen molar-refractivity contribution in [2.45, 2.75) is 58.5 Å². The molecule has 0 aliphatic rings. The topological polar surface area (TPSA) is 84.2 Å². The SMILES string of the molecule is CC(C)(N)CC(=O)NCCC(=O)NC(C)(C)C. The van der Waals surface area contributed by atoms with Crippen LogP contribution in [0.5, 0.6) is 0 Å². The smallest absolute Gasteiger partial charge is 0.222 e. The predicted octanol–water partition coefficient (Wildman–Crippen LogP) is 0.535. The Labute approximate surface area is 104 Å². The lowest BCUT2D eigenvalue weighted by molar-refractivity contribution is -0.123. The summed E-state index contributed by atoms with van der Waals surface area (Å²) in [5, 5.41) is 5.50. The van der Waals surface area contributed by atoms with Crippen molar-refractivity contribution in [2.75, 3.05) is 6.54 Å². The molecule has 0 saturated heterocycles. The van der Waals surface area contributed by atoms with Crippen molar-refractivity contribution >= 4 is 11.8 Å². The number of nitrogens with two attached hydrogens (primary N) is 1. The molecule has 0 heterocycles. The van der Waals surface area contributed by atoms with Crippen LogP contribution in [0, 0.1) is 0 Å². The summed E-state index contributed by atoms with van der Waals surface area (Å²) in [7, 11) is 0. The molecule has 0 fully saturated rings. The van der Waals surface area contributed by atoms with E-state index in [0.29, 0.717) is 6.54 Å². The average molecular weight is 243 g/mol. The van der Waals surface area contributed by atoms with Crippen molar-refractivity contribution in [2.24, 2.45) is 5.73 Å². The number of nitrogens with one attached hydrogen (secondary N) is 2. The van der Waals surface area contributed by atoms with E-state index < -0.39 is 5.54 Å². The van der Waals surface area contributed by atoms with Gasteiger partial charge in [0.25, 0.3) is 0 Å². The van der Waals surface area contributed by atoms with Crippen LogP contribution in [0.15, 0.2) is 0 Å². The molecule has 0 rings (SSSR count). The number of amides is 2. The monoisotopic (exact) mass is 243 g/mol. The maximum absolute atomic E-state index is 11.4. The fourth-order valence-corrected chi connectivity index (χ4v) is 1.27. The molecule has 0 radical (unpaired) electrons. The molecular formula is C12H25N3O2. The number of carbonyl (C=O) groups excluding carboxylic acids is 2. The van der Waals surface area contributed by atoms with E-state index in [9.17, 15) is 9.59 Å². The second kappa shape index (κ2) is 6.00. The van der Waals surface area contributed by atoms with Gasteiger partial charge in [0, 0.05) is 30.5 Å². The minimum Gasteiger partial charge on any atom is -0.356 e. The molecular weight excluding hydrogens is 218 g/mol. The predicted molar refractivity (Wildman–Crippen MR) is 68.4 cm³/mol. The zero-order chi connectivity index (χ0) is 13.7. The van der Waals surface area contributed by atoms with Gasteiger partial charge in [0.15, 0.2) is 0 Å². The lowest BCUT2D eigenvalue weighted by Crippen LogP contribution is -2.43. The molecule has 0 aromatic carbocycles. The number of carbonyl (C=O) groups is 2. The van der Waals surface area contributed by atoms with Gasteiger partial charge in [-0.1, -0.05) is 0 Å². The first-order valence-electron chi connectivity index (χ1n) is 5.86. The van der Waals surface area contributed by atoms with Crippen LogP contribution in [0.3, 0.4) is 0 Å². The minimum absolute atomic E-state index is 0.0650. The summed E-state index contributed by atoms with van der Waals surface area (Å²) in [6.45, 7) is 9.68. The van der Waals surface area contributed by atoms with E-state index in [0.717, 1.165) is 0 Å². The Morgan fingerprint density at radius 2 is 1.59 bits per heavy atom. The highest BCUT2D eigenvalue weighted by molar-refractivity contribution is 5.79. The quantitative estimate of drug-likeness (QED) is 0.658. The Morgan fingerprint density at radius 1 is 1.06 bits per heavy atom. The fourth-order valence-electron chi connectivity index (χ4n) is 1.27. The van der Waals surface area contributed by atoms with Gasteiger partial charge in [-0.2, -0.15) is 0 Å². The molecule has 5 nitrogen and oxygen atoms in total. The van der Waals surface area contributed by atoms with Crippen molar-refractivity contribution in [1.29, 1.82) is 0 Å². The third-order valence-corrected chi connectivity index (χ3v) is 1.80. The van der Waals surface area contributed by atoms with Gasteiger partial charge in [-0.05, 0) is 34.6 Å². The first kappa shape index (κ1) is 15.9. The summed E-state index contributed by atoms with van der Waals surface area (Å²) in [5.74, 6) is -0.189. The van der Waals surface area contributed by atoms with Crippen LogP contribution in [-0.2, 0) is 9.59 Å². The summed E-state index contributed by atoms with van der Waals surface area (Å²) < 4.78 is 0. The van der Waals surface area contributed by atoms with Gasteiger partial charge in [-0.25, -0.2) is 0 Å². The van der Waals surface area contributed by atoms with Crippen LogP contribution < -0.4 is 16.4 Å². The van der Waals surface area contributed by atoms with E-state index in [2.05, 4.69) is 10.6 Å². The Kier molecular flexibility index (Phi) is 5.61. The van der Waals surface area contributed by atoms with Crippen LogP contribution >= 0.6 is 0 Å². The maximum Gasteiger partial charge on any atom is 0.222 e. The van der Waals surface area contributed by atoms with Crippen LogP contribution in [0.25, 0.3) is 0 Å². The van der Waals surface area contributed by atoms with E-state index in [1.165, 1.54) is 0 Å².